The van der Waals surface area contributed by atoms with Crippen LogP contribution in [0.15, 0.2) is 0 Å². The van der Waals surface area contributed by atoms with Crippen LogP contribution in [0.3, 0.4) is 0 Å². The minimum Gasteiger partial charge on any atom is -0.330 e. The molecule has 3 atom stereocenters. The first kappa shape index (κ1) is 16.7. The van der Waals surface area contributed by atoms with E-state index in [4.69, 9.17) is 0 Å². The molecule has 0 radical (unpaired) electrons. The van der Waals surface area contributed by atoms with Crippen molar-refractivity contribution < 1.29 is 22.8 Å². The van der Waals surface area contributed by atoms with Crippen molar-refractivity contribution in [1.82, 2.24) is 20.1 Å². The van der Waals surface area contributed by atoms with Crippen molar-refractivity contribution in [3.63, 3.8) is 0 Å². The zero-order chi connectivity index (χ0) is 17.5. The number of piperidine rings is 1. The second-order valence-electron chi connectivity index (χ2n) is 6.36. The number of hydrogen-bond donors (Lipinski definition) is 2. The molecule has 3 rings (SSSR count). The Bertz CT molecular complexity index is 645. The number of halogens is 3. The Kier molecular flexibility index (Phi) is 4.22. The molecule has 0 spiro atoms. The first-order chi connectivity index (χ1) is 11.3. The van der Waals surface area contributed by atoms with Gasteiger partial charge in [0.25, 0.3) is 0 Å². The summed E-state index contributed by atoms with van der Waals surface area (Å²) in [5.74, 6) is -2.03. The summed E-state index contributed by atoms with van der Waals surface area (Å²) in [6.45, 7) is 2.47. The number of amides is 2. The van der Waals surface area contributed by atoms with Gasteiger partial charge in [0.2, 0.25) is 23.6 Å². The first-order valence-electron chi connectivity index (χ1n) is 7.88. The van der Waals surface area contributed by atoms with Crippen LogP contribution >= 0.6 is 0 Å². The van der Waals surface area contributed by atoms with E-state index in [1.807, 2.05) is 6.92 Å². The third kappa shape index (κ3) is 3.36. The van der Waals surface area contributed by atoms with Gasteiger partial charge in [-0.05, 0) is 31.6 Å². The molecule has 2 aliphatic rings. The molecule has 2 fully saturated rings. The minimum atomic E-state index is -4.66. The number of carbonyl (C=O) groups excluding carboxylic acids is 2. The monoisotopic (exact) mass is 345 g/mol. The van der Waals surface area contributed by atoms with Gasteiger partial charge < -0.3 is 4.90 Å². The molecule has 24 heavy (non-hydrogen) atoms. The Balaban J connectivity index is 1.68. The highest BCUT2D eigenvalue weighted by molar-refractivity contribution is 5.96. The topological polar surface area (TPSA) is 91.0 Å². The van der Waals surface area contributed by atoms with Gasteiger partial charge in [0, 0.05) is 12.5 Å². The largest absolute Gasteiger partial charge is 0.451 e. The average Bonchev–Trinajstić information content (AvgIpc) is 3.06. The van der Waals surface area contributed by atoms with E-state index in [2.05, 4.69) is 15.4 Å². The van der Waals surface area contributed by atoms with Gasteiger partial charge in [0.05, 0.1) is 0 Å². The molecular weight excluding hydrogens is 327 g/mol. The second kappa shape index (κ2) is 6.06. The maximum absolute atomic E-state index is 12.5. The van der Waals surface area contributed by atoms with Gasteiger partial charge in [-0.15, -0.1) is 5.10 Å². The van der Waals surface area contributed by atoms with E-state index in [-0.39, 0.29) is 11.8 Å². The van der Waals surface area contributed by atoms with Crippen LogP contribution in [0.4, 0.5) is 19.1 Å². The van der Waals surface area contributed by atoms with E-state index < -0.39 is 29.9 Å². The summed E-state index contributed by atoms with van der Waals surface area (Å²) in [4.78, 5) is 29.6. The van der Waals surface area contributed by atoms with Crippen LogP contribution < -0.4 is 5.32 Å². The normalized spacial score (nSPS) is 27.0. The molecule has 7 nitrogen and oxygen atoms in total. The number of H-pyrrole nitrogens is 1. The molecule has 0 bridgehead atoms. The highest BCUT2D eigenvalue weighted by Crippen LogP contribution is 2.40. The molecule has 1 saturated heterocycles. The number of carbonyl (C=O) groups is 2. The fraction of sp³-hybridized carbons (Fsp3) is 0.714. The summed E-state index contributed by atoms with van der Waals surface area (Å²) in [5, 5.41) is 7.37. The minimum absolute atomic E-state index is 0.0428. The van der Waals surface area contributed by atoms with Crippen molar-refractivity contribution in [3.05, 3.63) is 5.82 Å². The highest BCUT2D eigenvalue weighted by atomic mass is 19.4. The number of likely N-dealkylation sites (tertiary alicyclic amines) is 1. The van der Waals surface area contributed by atoms with Crippen molar-refractivity contribution >= 4 is 17.8 Å². The van der Waals surface area contributed by atoms with Crippen LogP contribution in [0.2, 0.25) is 0 Å². The maximum atomic E-state index is 12.5. The molecule has 2 amide bonds. The summed E-state index contributed by atoms with van der Waals surface area (Å²) in [5.41, 5.74) is 0. The van der Waals surface area contributed by atoms with E-state index in [0.29, 0.717) is 18.9 Å². The number of nitrogens with zero attached hydrogens (tertiary/aromatic N) is 3. The third-order valence-electron chi connectivity index (χ3n) is 4.50. The molecule has 0 unspecified atom stereocenters. The SMILES string of the molecule is C[C@@H]1C[C@@H]1C(=O)N1CCCC[C@@H]1C(=O)Nc1n[nH]c(C(F)(F)F)n1. The summed E-state index contributed by atoms with van der Waals surface area (Å²) in [6.07, 6.45) is -1.76. The van der Waals surface area contributed by atoms with E-state index in [9.17, 15) is 22.8 Å². The standard InChI is InChI=1S/C14H18F3N5O2/c1-7-6-8(7)11(24)22-5-3-2-4-9(22)10(23)18-13-19-12(20-21-13)14(15,16)17/h7-9H,2-6H2,1H3,(H2,18,19,20,21,23)/t7-,8+,9-/m1/s1. The molecule has 2 heterocycles. The van der Waals surface area contributed by atoms with Gasteiger partial charge in [-0.1, -0.05) is 6.92 Å². The molecule has 10 heteroatoms. The number of hydrogen-bond acceptors (Lipinski definition) is 4. The lowest BCUT2D eigenvalue weighted by atomic mass is 10.0. The number of nitrogens with one attached hydrogen (secondary N) is 2. The Hall–Kier alpha value is -2.13. The molecular formula is C14H18F3N5O2. The molecule has 1 aromatic heterocycles. The zero-order valence-electron chi connectivity index (χ0n) is 13.1. The van der Waals surface area contributed by atoms with Crippen molar-refractivity contribution in [2.24, 2.45) is 11.8 Å². The average molecular weight is 345 g/mol. The van der Waals surface area contributed by atoms with Crippen LogP contribution in [-0.2, 0) is 15.8 Å². The number of aromatic nitrogens is 3. The number of rotatable bonds is 3. The number of anilines is 1. The van der Waals surface area contributed by atoms with Crippen molar-refractivity contribution in [3.8, 4) is 0 Å². The Labute approximate surface area is 136 Å². The lowest BCUT2D eigenvalue weighted by Gasteiger charge is -2.34. The smallest absolute Gasteiger partial charge is 0.330 e. The zero-order valence-corrected chi connectivity index (χ0v) is 13.1. The first-order valence-corrected chi connectivity index (χ1v) is 7.88. The lowest BCUT2D eigenvalue weighted by molar-refractivity contribution is -0.144. The predicted octanol–water partition coefficient (Wildman–Crippen LogP) is 1.80. The van der Waals surface area contributed by atoms with Gasteiger partial charge >= 0.3 is 6.18 Å². The maximum Gasteiger partial charge on any atom is 0.451 e. The summed E-state index contributed by atoms with van der Waals surface area (Å²) in [6, 6.07) is -0.688. The molecule has 2 N–H and O–H groups in total. The summed E-state index contributed by atoms with van der Waals surface area (Å²) >= 11 is 0. The van der Waals surface area contributed by atoms with Gasteiger partial charge in [-0.25, -0.2) is 0 Å². The third-order valence-corrected chi connectivity index (χ3v) is 4.50. The van der Waals surface area contributed by atoms with E-state index in [1.165, 1.54) is 0 Å². The van der Waals surface area contributed by atoms with Crippen LogP contribution in [-0.4, -0.2) is 44.5 Å². The molecule has 0 aromatic carbocycles. The Morgan fingerprint density at radius 3 is 2.62 bits per heavy atom. The van der Waals surface area contributed by atoms with Crippen molar-refractivity contribution in [2.75, 3.05) is 11.9 Å². The fourth-order valence-electron chi connectivity index (χ4n) is 2.99. The predicted molar refractivity (Wildman–Crippen MR) is 76.6 cm³/mol. The van der Waals surface area contributed by atoms with E-state index in [0.717, 1.165) is 19.3 Å². The van der Waals surface area contributed by atoms with Crippen molar-refractivity contribution in [2.45, 2.75) is 44.8 Å². The molecule has 132 valence electrons. The summed E-state index contributed by atoms with van der Waals surface area (Å²) in [7, 11) is 0. The van der Waals surface area contributed by atoms with Gasteiger partial charge in [0.15, 0.2) is 0 Å². The van der Waals surface area contributed by atoms with E-state index in [1.54, 1.807) is 10.00 Å². The van der Waals surface area contributed by atoms with Crippen LogP contribution in [0.25, 0.3) is 0 Å². The van der Waals surface area contributed by atoms with Crippen LogP contribution in [0.5, 0.6) is 0 Å². The molecule has 1 aromatic rings. The number of alkyl halides is 3. The quantitative estimate of drug-likeness (QED) is 0.874. The fourth-order valence-corrected chi connectivity index (χ4v) is 2.99. The lowest BCUT2D eigenvalue weighted by Crippen LogP contribution is -2.50. The molecule has 1 aliphatic heterocycles. The second-order valence-corrected chi connectivity index (χ2v) is 6.36. The van der Waals surface area contributed by atoms with Crippen LogP contribution in [0, 0.1) is 11.8 Å². The van der Waals surface area contributed by atoms with Crippen molar-refractivity contribution in [1.29, 1.82) is 0 Å². The Morgan fingerprint density at radius 1 is 1.33 bits per heavy atom. The van der Waals surface area contributed by atoms with Crippen LogP contribution in [0.1, 0.15) is 38.4 Å². The van der Waals surface area contributed by atoms with Gasteiger partial charge in [0.1, 0.15) is 6.04 Å². The van der Waals surface area contributed by atoms with Gasteiger partial charge in [-0.3, -0.25) is 20.0 Å². The highest BCUT2D eigenvalue weighted by Gasteiger charge is 2.45. The van der Waals surface area contributed by atoms with E-state index >= 15 is 0 Å². The van der Waals surface area contributed by atoms with Gasteiger partial charge in [-0.2, -0.15) is 18.2 Å². The Morgan fingerprint density at radius 2 is 2.04 bits per heavy atom. The summed E-state index contributed by atoms with van der Waals surface area (Å²) < 4.78 is 37.5. The molecule has 1 aliphatic carbocycles. The number of aromatic amines is 1. The molecule has 1 saturated carbocycles.